The summed E-state index contributed by atoms with van der Waals surface area (Å²) in [6.45, 7) is 2.79. The number of methoxy groups -OCH3 is 1. The van der Waals surface area contributed by atoms with E-state index in [1.54, 1.807) is 7.11 Å². The minimum atomic E-state index is -0.340. The Morgan fingerprint density at radius 3 is 2.83 bits per heavy atom. The fourth-order valence-electron chi connectivity index (χ4n) is 1.25. The third-order valence-corrected chi connectivity index (χ3v) is 1.95. The van der Waals surface area contributed by atoms with E-state index in [1.165, 1.54) is 0 Å². The highest BCUT2D eigenvalue weighted by atomic mass is 16.5. The van der Waals surface area contributed by atoms with Gasteiger partial charge in [0, 0.05) is 33.4 Å². The summed E-state index contributed by atoms with van der Waals surface area (Å²) < 4.78 is 10.3. The molecule has 0 aromatic heterocycles. The lowest BCUT2D eigenvalue weighted by molar-refractivity contribution is -0.0139. The van der Waals surface area contributed by atoms with Crippen molar-refractivity contribution in [3.8, 4) is 0 Å². The second kappa shape index (κ2) is 5.48. The average Bonchev–Trinajstić information content (AvgIpc) is 2.46. The molecule has 0 aliphatic carbocycles. The van der Waals surface area contributed by atoms with Gasteiger partial charge in [0.15, 0.2) is 0 Å². The molecular weight excluding hydrogens is 158 g/mol. The van der Waals surface area contributed by atoms with Crippen LogP contribution < -0.4 is 5.32 Å². The van der Waals surface area contributed by atoms with Gasteiger partial charge in [0.05, 0.1) is 12.2 Å². The molecule has 72 valence electrons. The van der Waals surface area contributed by atoms with Gasteiger partial charge in [-0.2, -0.15) is 0 Å². The number of rotatable bonds is 5. The predicted octanol–water partition coefficient (Wildman–Crippen LogP) is -0.628. The summed E-state index contributed by atoms with van der Waals surface area (Å²) in [6.07, 6.45) is 0.522. The molecule has 1 aliphatic heterocycles. The van der Waals surface area contributed by atoms with Crippen LogP contribution in [0.25, 0.3) is 0 Å². The van der Waals surface area contributed by atoms with E-state index in [-0.39, 0.29) is 12.2 Å². The Balaban J connectivity index is 1.98. The molecule has 1 rings (SSSR count). The molecule has 0 amide bonds. The van der Waals surface area contributed by atoms with Gasteiger partial charge >= 0.3 is 0 Å². The van der Waals surface area contributed by atoms with Gasteiger partial charge in [0.25, 0.3) is 0 Å². The van der Waals surface area contributed by atoms with Crippen molar-refractivity contribution in [1.82, 2.24) is 5.32 Å². The Morgan fingerprint density at radius 1 is 1.42 bits per heavy atom. The lowest BCUT2D eigenvalue weighted by Gasteiger charge is -2.13. The zero-order valence-corrected chi connectivity index (χ0v) is 7.45. The van der Waals surface area contributed by atoms with Gasteiger partial charge in [0.2, 0.25) is 0 Å². The highest BCUT2D eigenvalue weighted by Gasteiger charge is 2.24. The summed E-state index contributed by atoms with van der Waals surface area (Å²) in [5, 5.41) is 12.4. The molecule has 2 N–H and O–H groups in total. The van der Waals surface area contributed by atoms with E-state index in [1.807, 2.05) is 0 Å². The second-order valence-corrected chi connectivity index (χ2v) is 2.98. The van der Waals surface area contributed by atoms with Crippen molar-refractivity contribution in [1.29, 1.82) is 0 Å². The molecule has 1 saturated heterocycles. The number of ether oxygens (including phenoxy) is 2. The van der Waals surface area contributed by atoms with Gasteiger partial charge in [-0.05, 0) is 6.42 Å². The highest BCUT2D eigenvalue weighted by Crippen LogP contribution is 2.04. The third-order valence-electron chi connectivity index (χ3n) is 1.95. The van der Waals surface area contributed by atoms with Crippen LogP contribution in [0, 0.1) is 0 Å². The van der Waals surface area contributed by atoms with E-state index in [0.717, 1.165) is 19.6 Å². The summed E-state index contributed by atoms with van der Waals surface area (Å²) in [4.78, 5) is 0. The number of hydrogen-bond donors (Lipinski definition) is 2. The van der Waals surface area contributed by atoms with Gasteiger partial charge < -0.3 is 19.9 Å². The standard InChI is InChI=1S/C8H17NO3/c1-11-3-2-4-12-8-6-9-5-7(8)10/h7-10H,2-6H2,1H3. The van der Waals surface area contributed by atoms with Gasteiger partial charge in [0.1, 0.15) is 0 Å². The average molecular weight is 175 g/mol. The second-order valence-electron chi connectivity index (χ2n) is 2.98. The first-order valence-corrected chi connectivity index (χ1v) is 4.34. The molecule has 2 atom stereocenters. The number of nitrogens with one attached hydrogen (secondary N) is 1. The molecule has 1 fully saturated rings. The molecule has 2 unspecified atom stereocenters. The maximum atomic E-state index is 9.33. The molecule has 0 spiro atoms. The first-order valence-electron chi connectivity index (χ1n) is 4.34. The molecule has 0 bridgehead atoms. The molecule has 4 heteroatoms. The van der Waals surface area contributed by atoms with Crippen LogP contribution in [0.5, 0.6) is 0 Å². The zero-order chi connectivity index (χ0) is 8.81. The molecule has 0 aromatic carbocycles. The van der Waals surface area contributed by atoms with Gasteiger partial charge in [-0.25, -0.2) is 0 Å². The summed E-state index contributed by atoms with van der Waals surface area (Å²) in [6, 6.07) is 0. The van der Waals surface area contributed by atoms with Crippen molar-refractivity contribution >= 4 is 0 Å². The van der Waals surface area contributed by atoms with Crippen molar-refractivity contribution in [3.63, 3.8) is 0 Å². The van der Waals surface area contributed by atoms with Crippen LogP contribution in [-0.2, 0) is 9.47 Å². The Hall–Kier alpha value is -0.160. The lowest BCUT2D eigenvalue weighted by Crippen LogP contribution is -2.27. The Bertz CT molecular complexity index is 121. The molecule has 0 radical (unpaired) electrons. The van der Waals surface area contributed by atoms with Gasteiger partial charge in [-0.15, -0.1) is 0 Å². The number of aliphatic hydroxyl groups is 1. The lowest BCUT2D eigenvalue weighted by atomic mass is 10.2. The molecule has 4 nitrogen and oxygen atoms in total. The van der Waals surface area contributed by atoms with Crippen molar-refractivity contribution in [2.75, 3.05) is 33.4 Å². The van der Waals surface area contributed by atoms with E-state index in [4.69, 9.17) is 9.47 Å². The highest BCUT2D eigenvalue weighted by molar-refractivity contribution is 4.80. The first kappa shape index (κ1) is 9.92. The minimum Gasteiger partial charge on any atom is -0.389 e. The van der Waals surface area contributed by atoms with E-state index < -0.39 is 0 Å². The van der Waals surface area contributed by atoms with Crippen molar-refractivity contribution in [2.24, 2.45) is 0 Å². The van der Waals surface area contributed by atoms with Crippen LogP contribution in [0.4, 0.5) is 0 Å². The monoisotopic (exact) mass is 175 g/mol. The molecule has 1 heterocycles. The fraction of sp³-hybridized carbons (Fsp3) is 1.00. The normalized spacial score (nSPS) is 29.5. The summed E-state index contributed by atoms with van der Waals surface area (Å²) in [7, 11) is 1.67. The van der Waals surface area contributed by atoms with Crippen LogP contribution in [-0.4, -0.2) is 50.7 Å². The van der Waals surface area contributed by atoms with Gasteiger partial charge in [-0.1, -0.05) is 0 Å². The topological polar surface area (TPSA) is 50.7 Å². The van der Waals surface area contributed by atoms with Gasteiger partial charge in [-0.3, -0.25) is 0 Å². The maximum absolute atomic E-state index is 9.33. The fourth-order valence-corrected chi connectivity index (χ4v) is 1.25. The number of β-amino-alcohol motifs (C(OH)–C–C–N with tert-alkyl or cyclic N) is 1. The molecule has 1 aliphatic rings. The van der Waals surface area contributed by atoms with Crippen LogP contribution in [0.15, 0.2) is 0 Å². The van der Waals surface area contributed by atoms with Crippen molar-refractivity contribution in [2.45, 2.75) is 18.6 Å². The SMILES string of the molecule is COCCCOC1CNCC1O. The van der Waals surface area contributed by atoms with E-state index in [2.05, 4.69) is 5.32 Å². The first-order chi connectivity index (χ1) is 5.84. The van der Waals surface area contributed by atoms with Crippen LogP contribution in [0.1, 0.15) is 6.42 Å². The number of aliphatic hydroxyl groups excluding tert-OH is 1. The predicted molar refractivity (Wildman–Crippen MR) is 45.1 cm³/mol. The summed E-state index contributed by atoms with van der Waals surface area (Å²) in [5.74, 6) is 0. The summed E-state index contributed by atoms with van der Waals surface area (Å²) >= 11 is 0. The summed E-state index contributed by atoms with van der Waals surface area (Å²) in [5.41, 5.74) is 0. The Kier molecular flexibility index (Phi) is 4.53. The van der Waals surface area contributed by atoms with Crippen LogP contribution in [0.3, 0.4) is 0 Å². The van der Waals surface area contributed by atoms with Crippen LogP contribution in [0.2, 0.25) is 0 Å². The molecular formula is C8H17NO3. The maximum Gasteiger partial charge on any atom is 0.0970 e. The Morgan fingerprint density at radius 2 is 2.25 bits per heavy atom. The van der Waals surface area contributed by atoms with Crippen LogP contribution >= 0.6 is 0 Å². The smallest absolute Gasteiger partial charge is 0.0970 e. The van der Waals surface area contributed by atoms with E-state index >= 15 is 0 Å². The zero-order valence-electron chi connectivity index (χ0n) is 7.45. The third kappa shape index (κ3) is 3.06. The quantitative estimate of drug-likeness (QED) is 0.546. The van der Waals surface area contributed by atoms with E-state index in [9.17, 15) is 5.11 Å². The Labute approximate surface area is 72.9 Å². The minimum absolute atomic E-state index is 0.0261. The largest absolute Gasteiger partial charge is 0.389 e. The number of hydrogen-bond acceptors (Lipinski definition) is 4. The van der Waals surface area contributed by atoms with Crippen molar-refractivity contribution < 1.29 is 14.6 Å². The van der Waals surface area contributed by atoms with E-state index in [0.29, 0.717) is 13.2 Å². The molecule has 12 heavy (non-hydrogen) atoms. The molecule has 0 aromatic rings. The molecule has 0 saturated carbocycles. The van der Waals surface area contributed by atoms with Crippen molar-refractivity contribution in [3.05, 3.63) is 0 Å².